The van der Waals surface area contributed by atoms with E-state index in [2.05, 4.69) is 15.9 Å². The summed E-state index contributed by atoms with van der Waals surface area (Å²) in [6.07, 6.45) is -9.99. The molecule has 10 heteroatoms. The summed E-state index contributed by atoms with van der Waals surface area (Å²) in [6, 6.07) is 4.81. The van der Waals surface area contributed by atoms with Crippen LogP contribution in [0.1, 0.15) is 21.5 Å². The predicted molar refractivity (Wildman–Crippen MR) is 83.0 cm³/mol. The van der Waals surface area contributed by atoms with Crippen molar-refractivity contribution in [2.45, 2.75) is 12.4 Å². The Morgan fingerprint density at radius 2 is 1.44 bits per heavy atom. The normalized spacial score (nSPS) is 12.1. The average Bonchev–Trinajstić information content (AvgIpc) is 2.48. The maximum atomic E-state index is 12.8. The molecular formula is C15H9BrF6N2O. The number of hydrogen-bond donors (Lipinski definition) is 2. The third kappa shape index (κ3) is 4.65. The highest BCUT2D eigenvalue weighted by molar-refractivity contribution is 9.10. The molecule has 3 N–H and O–H groups in total. The minimum atomic E-state index is -5.00. The summed E-state index contributed by atoms with van der Waals surface area (Å²) in [4.78, 5) is 12.1. The number of halogens is 7. The van der Waals surface area contributed by atoms with E-state index in [1.807, 2.05) is 5.32 Å². The Balaban J connectivity index is 2.41. The zero-order valence-electron chi connectivity index (χ0n) is 12.1. The summed E-state index contributed by atoms with van der Waals surface area (Å²) >= 11 is 3.10. The second-order valence-corrected chi connectivity index (χ2v) is 5.84. The van der Waals surface area contributed by atoms with E-state index in [4.69, 9.17) is 5.73 Å². The summed E-state index contributed by atoms with van der Waals surface area (Å²) in [5, 5.41) is 2.02. The Morgan fingerprint density at radius 3 is 1.88 bits per heavy atom. The number of carbonyl (C=O) groups is 1. The molecule has 0 bridgehead atoms. The van der Waals surface area contributed by atoms with Crippen molar-refractivity contribution >= 4 is 33.2 Å². The lowest BCUT2D eigenvalue weighted by molar-refractivity contribution is -0.143. The first-order chi connectivity index (χ1) is 11.4. The van der Waals surface area contributed by atoms with Crippen molar-refractivity contribution in [3.8, 4) is 0 Å². The van der Waals surface area contributed by atoms with Crippen LogP contribution in [-0.4, -0.2) is 5.91 Å². The maximum absolute atomic E-state index is 12.8. The average molecular weight is 427 g/mol. The van der Waals surface area contributed by atoms with Crippen LogP contribution in [0.5, 0.6) is 0 Å². The van der Waals surface area contributed by atoms with Crippen molar-refractivity contribution in [1.29, 1.82) is 0 Å². The van der Waals surface area contributed by atoms with Crippen LogP contribution < -0.4 is 11.1 Å². The van der Waals surface area contributed by atoms with Gasteiger partial charge in [0.25, 0.3) is 5.91 Å². The van der Waals surface area contributed by atoms with Crippen LogP contribution in [0.4, 0.5) is 37.7 Å². The van der Waals surface area contributed by atoms with E-state index in [0.29, 0.717) is 16.6 Å². The fourth-order valence-electron chi connectivity index (χ4n) is 1.92. The predicted octanol–water partition coefficient (Wildman–Crippen LogP) is 5.32. The number of carbonyl (C=O) groups excluding carboxylic acids is 1. The fraction of sp³-hybridized carbons (Fsp3) is 0.133. The number of benzene rings is 2. The topological polar surface area (TPSA) is 55.1 Å². The lowest BCUT2D eigenvalue weighted by Crippen LogP contribution is -2.16. The van der Waals surface area contributed by atoms with Gasteiger partial charge in [-0.3, -0.25) is 4.79 Å². The molecule has 0 aliphatic heterocycles. The quantitative estimate of drug-likeness (QED) is 0.504. The van der Waals surface area contributed by atoms with Gasteiger partial charge in [0.15, 0.2) is 0 Å². The van der Waals surface area contributed by atoms with Gasteiger partial charge in [0.1, 0.15) is 0 Å². The Kier molecular flexibility index (Phi) is 5.03. The van der Waals surface area contributed by atoms with Gasteiger partial charge in [-0.15, -0.1) is 0 Å². The molecule has 0 aromatic heterocycles. The number of nitrogens with one attached hydrogen (secondary N) is 1. The molecule has 3 nitrogen and oxygen atoms in total. The van der Waals surface area contributed by atoms with Crippen molar-refractivity contribution in [2.75, 3.05) is 11.1 Å². The lowest BCUT2D eigenvalue weighted by atomic mass is 10.1. The van der Waals surface area contributed by atoms with Crippen LogP contribution in [0, 0.1) is 0 Å². The number of hydrogen-bond acceptors (Lipinski definition) is 2. The van der Waals surface area contributed by atoms with Crippen molar-refractivity contribution in [1.82, 2.24) is 0 Å². The molecule has 0 fully saturated rings. The lowest BCUT2D eigenvalue weighted by Gasteiger charge is -2.15. The van der Waals surface area contributed by atoms with Crippen molar-refractivity contribution in [3.05, 3.63) is 57.6 Å². The number of rotatable bonds is 2. The second-order valence-electron chi connectivity index (χ2n) is 4.98. The first kappa shape index (κ1) is 19.1. The molecule has 0 aliphatic carbocycles. The number of amides is 1. The van der Waals surface area contributed by atoms with E-state index in [1.165, 1.54) is 18.2 Å². The van der Waals surface area contributed by atoms with E-state index in [1.54, 1.807) is 0 Å². The van der Waals surface area contributed by atoms with Gasteiger partial charge in [0, 0.05) is 21.4 Å². The molecule has 0 saturated carbocycles. The standard InChI is InChI=1S/C15H9BrF6N2O/c16-11-2-1-7(3-12(11)23)13(25)24-10-5-8(14(17,18)19)4-9(6-10)15(20,21)22/h1-6H,23H2,(H,24,25). The van der Waals surface area contributed by atoms with Crippen LogP contribution in [0.2, 0.25) is 0 Å². The largest absolute Gasteiger partial charge is 0.416 e. The molecule has 2 rings (SSSR count). The van der Waals surface area contributed by atoms with Crippen molar-refractivity contribution < 1.29 is 31.1 Å². The third-order valence-electron chi connectivity index (χ3n) is 3.10. The summed E-state index contributed by atoms with van der Waals surface area (Å²) in [7, 11) is 0. The van der Waals surface area contributed by atoms with Gasteiger partial charge in [-0.1, -0.05) is 0 Å². The maximum Gasteiger partial charge on any atom is 0.416 e. The highest BCUT2D eigenvalue weighted by atomic mass is 79.9. The number of nitrogen functional groups attached to an aromatic ring is 1. The number of anilines is 2. The fourth-order valence-corrected chi connectivity index (χ4v) is 2.16. The van der Waals surface area contributed by atoms with Gasteiger partial charge in [0.05, 0.1) is 11.1 Å². The van der Waals surface area contributed by atoms with Crippen LogP contribution in [0.15, 0.2) is 40.9 Å². The molecule has 0 unspecified atom stereocenters. The molecule has 0 radical (unpaired) electrons. The number of alkyl halides is 6. The monoisotopic (exact) mass is 426 g/mol. The molecule has 0 saturated heterocycles. The van der Waals surface area contributed by atoms with Gasteiger partial charge in [0.2, 0.25) is 0 Å². The Hall–Kier alpha value is -2.23. The first-order valence-electron chi connectivity index (χ1n) is 6.54. The smallest absolute Gasteiger partial charge is 0.398 e. The molecule has 0 atom stereocenters. The molecule has 2 aromatic carbocycles. The van der Waals surface area contributed by atoms with Crippen molar-refractivity contribution in [3.63, 3.8) is 0 Å². The molecule has 1 amide bonds. The highest BCUT2D eigenvalue weighted by Crippen LogP contribution is 2.37. The van der Waals surface area contributed by atoms with Crippen LogP contribution >= 0.6 is 15.9 Å². The molecule has 0 spiro atoms. The van der Waals surface area contributed by atoms with E-state index in [-0.39, 0.29) is 17.3 Å². The SMILES string of the molecule is Nc1cc(C(=O)Nc2cc(C(F)(F)F)cc(C(F)(F)F)c2)ccc1Br. The Morgan fingerprint density at radius 1 is 0.920 bits per heavy atom. The molecule has 25 heavy (non-hydrogen) atoms. The summed E-state index contributed by atoms with van der Waals surface area (Å²) in [6.45, 7) is 0. The summed E-state index contributed by atoms with van der Waals surface area (Å²) < 4.78 is 77.2. The molecular weight excluding hydrogens is 418 g/mol. The van der Waals surface area contributed by atoms with Crippen LogP contribution in [0.25, 0.3) is 0 Å². The van der Waals surface area contributed by atoms with E-state index >= 15 is 0 Å². The van der Waals surface area contributed by atoms with Gasteiger partial charge >= 0.3 is 12.4 Å². The zero-order chi connectivity index (χ0) is 19.0. The van der Waals surface area contributed by atoms with Gasteiger partial charge in [-0.05, 0) is 52.3 Å². The second kappa shape index (κ2) is 6.58. The minimum Gasteiger partial charge on any atom is -0.398 e. The van der Waals surface area contributed by atoms with Gasteiger partial charge < -0.3 is 11.1 Å². The third-order valence-corrected chi connectivity index (χ3v) is 3.83. The van der Waals surface area contributed by atoms with E-state index in [9.17, 15) is 31.1 Å². The first-order valence-corrected chi connectivity index (χ1v) is 7.33. The molecule has 134 valence electrons. The van der Waals surface area contributed by atoms with E-state index < -0.39 is 35.1 Å². The highest BCUT2D eigenvalue weighted by Gasteiger charge is 2.37. The Labute approximate surface area is 145 Å². The van der Waals surface area contributed by atoms with Gasteiger partial charge in [-0.2, -0.15) is 26.3 Å². The van der Waals surface area contributed by atoms with E-state index in [0.717, 1.165) is 0 Å². The van der Waals surface area contributed by atoms with Crippen LogP contribution in [-0.2, 0) is 12.4 Å². The van der Waals surface area contributed by atoms with Gasteiger partial charge in [-0.25, -0.2) is 0 Å². The summed E-state index contributed by atoms with van der Waals surface area (Å²) in [5.41, 5.74) is 2.08. The number of nitrogens with two attached hydrogens (primary N) is 1. The molecule has 0 heterocycles. The molecule has 0 aliphatic rings. The minimum absolute atomic E-state index is 0.0206. The van der Waals surface area contributed by atoms with Crippen molar-refractivity contribution in [2.24, 2.45) is 0 Å². The summed E-state index contributed by atoms with van der Waals surface area (Å²) in [5.74, 6) is -0.897. The zero-order valence-corrected chi connectivity index (χ0v) is 13.7. The molecule has 2 aromatic rings. The Bertz CT molecular complexity index is 784. The van der Waals surface area contributed by atoms with Crippen LogP contribution in [0.3, 0.4) is 0 Å².